The molecule has 3 atom stereocenters. The number of nitrogens with two attached hydrogens (primary N) is 1. The van der Waals surface area contributed by atoms with Crippen molar-refractivity contribution >= 4 is 0 Å². The molecular weight excluding hydrogens is 218 g/mol. The SMILES string of the molecule is CC(C)c1ccccc1CC12C=CC(C1)C(N)C2. The second kappa shape index (κ2) is 4.24. The van der Waals surface area contributed by atoms with Crippen molar-refractivity contribution in [3.63, 3.8) is 0 Å². The van der Waals surface area contributed by atoms with Gasteiger partial charge in [-0.2, -0.15) is 0 Å². The van der Waals surface area contributed by atoms with E-state index in [1.54, 1.807) is 0 Å². The van der Waals surface area contributed by atoms with Gasteiger partial charge in [0.05, 0.1) is 0 Å². The molecule has 18 heavy (non-hydrogen) atoms. The van der Waals surface area contributed by atoms with Gasteiger partial charge >= 0.3 is 0 Å². The first-order valence-electron chi connectivity index (χ1n) is 7.12. The van der Waals surface area contributed by atoms with Crippen molar-refractivity contribution in [3.8, 4) is 0 Å². The molecular formula is C17H23N. The van der Waals surface area contributed by atoms with Crippen LogP contribution >= 0.6 is 0 Å². The molecule has 0 saturated heterocycles. The van der Waals surface area contributed by atoms with E-state index < -0.39 is 0 Å². The zero-order valence-electron chi connectivity index (χ0n) is 11.4. The maximum Gasteiger partial charge on any atom is 0.0111 e. The number of hydrogen-bond acceptors (Lipinski definition) is 1. The molecule has 2 bridgehead atoms. The zero-order chi connectivity index (χ0) is 12.8. The van der Waals surface area contributed by atoms with Crippen LogP contribution in [-0.4, -0.2) is 6.04 Å². The predicted octanol–water partition coefficient (Wildman–Crippen LogP) is 3.65. The van der Waals surface area contributed by atoms with Crippen molar-refractivity contribution in [2.45, 2.75) is 45.1 Å². The first kappa shape index (κ1) is 12.0. The van der Waals surface area contributed by atoms with Crippen molar-refractivity contribution in [3.05, 3.63) is 47.5 Å². The highest BCUT2D eigenvalue weighted by molar-refractivity contribution is 5.33. The molecule has 2 aliphatic rings. The van der Waals surface area contributed by atoms with E-state index in [-0.39, 0.29) is 0 Å². The summed E-state index contributed by atoms with van der Waals surface area (Å²) in [6.07, 6.45) is 8.40. The third kappa shape index (κ3) is 1.91. The lowest BCUT2D eigenvalue weighted by molar-refractivity contribution is 0.392. The molecule has 96 valence electrons. The number of fused-ring (bicyclic) bond motifs is 2. The molecule has 0 aromatic heterocycles. The van der Waals surface area contributed by atoms with Crippen LogP contribution in [0.15, 0.2) is 36.4 Å². The summed E-state index contributed by atoms with van der Waals surface area (Å²) in [5.41, 5.74) is 9.59. The standard InChI is InChI=1S/C17H23N/c1-12(2)15-6-4-3-5-13(15)9-17-8-7-14(10-17)16(18)11-17/h3-8,12,14,16H,9-11,18H2,1-2H3. The van der Waals surface area contributed by atoms with Gasteiger partial charge in [-0.15, -0.1) is 0 Å². The average molecular weight is 241 g/mol. The van der Waals surface area contributed by atoms with E-state index in [1.807, 2.05) is 0 Å². The molecule has 1 saturated carbocycles. The minimum Gasteiger partial charge on any atom is -0.327 e. The summed E-state index contributed by atoms with van der Waals surface area (Å²) < 4.78 is 0. The Kier molecular flexibility index (Phi) is 2.82. The van der Waals surface area contributed by atoms with Crippen molar-refractivity contribution in [2.24, 2.45) is 17.1 Å². The van der Waals surface area contributed by atoms with Gasteiger partial charge in [-0.05, 0) is 47.6 Å². The fourth-order valence-corrected chi connectivity index (χ4v) is 3.84. The van der Waals surface area contributed by atoms with Crippen molar-refractivity contribution in [1.82, 2.24) is 0 Å². The average Bonchev–Trinajstić information content (AvgIpc) is 2.86. The van der Waals surface area contributed by atoms with Crippen LogP contribution in [0.1, 0.15) is 43.7 Å². The number of allylic oxidation sites excluding steroid dienone is 1. The second-order valence-corrected chi connectivity index (χ2v) is 6.49. The lowest BCUT2D eigenvalue weighted by atomic mass is 9.78. The van der Waals surface area contributed by atoms with E-state index in [0.717, 1.165) is 0 Å². The zero-order valence-corrected chi connectivity index (χ0v) is 11.4. The van der Waals surface area contributed by atoms with Crippen LogP contribution in [0, 0.1) is 11.3 Å². The predicted molar refractivity (Wildman–Crippen MR) is 76.5 cm³/mol. The fourth-order valence-electron chi connectivity index (χ4n) is 3.84. The lowest BCUT2D eigenvalue weighted by Crippen LogP contribution is -2.27. The van der Waals surface area contributed by atoms with E-state index in [9.17, 15) is 0 Å². The number of rotatable bonds is 3. The van der Waals surface area contributed by atoms with Crippen LogP contribution in [0.25, 0.3) is 0 Å². The summed E-state index contributed by atoms with van der Waals surface area (Å²) in [6, 6.07) is 9.30. The molecule has 0 radical (unpaired) electrons. The summed E-state index contributed by atoms with van der Waals surface area (Å²) in [7, 11) is 0. The maximum atomic E-state index is 6.21. The highest BCUT2D eigenvalue weighted by Gasteiger charge is 2.45. The van der Waals surface area contributed by atoms with Gasteiger partial charge in [0.2, 0.25) is 0 Å². The Morgan fingerprint density at radius 1 is 1.28 bits per heavy atom. The van der Waals surface area contributed by atoms with Gasteiger partial charge in [0.25, 0.3) is 0 Å². The smallest absolute Gasteiger partial charge is 0.0111 e. The lowest BCUT2D eigenvalue weighted by Gasteiger charge is -2.27. The Labute approximate surface area is 110 Å². The van der Waals surface area contributed by atoms with Crippen LogP contribution in [0.2, 0.25) is 0 Å². The molecule has 3 unspecified atom stereocenters. The monoisotopic (exact) mass is 241 g/mol. The Bertz CT molecular complexity index is 474. The van der Waals surface area contributed by atoms with E-state index in [1.165, 1.54) is 30.4 Å². The van der Waals surface area contributed by atoms with Gasteiger partial charge in [-0.3, -0.25) is 0 Å². The van der Waals surface area contributed by atoms with Crippen LogP contribution in [0.4, 0.5) is 0 Å². The van der Waals surface area contributed by atoms with E-state index in [0.29, 0.717) is 23.3 Å². The highest BCUT2D eigenvalue weighted by atomic mass is 14.7. The molecule has 0 heterocycles. The van der Waals surface area contributed by atoms with Crippen molar-refractivity contribution < 1.29 is 0 Å². The number of hydrogen-bond donors (Lipinski definition) is 1. The van der Waals surface area contributed by atoms with Crippen LogP contribution in [-0.2, 0) is 6.42 Å². The Morgan fingerprint density at radius 3 is 2.67 bits per heavy atom. The summed E-state index contributed by atoms with van der Waals surface area (Å²) in [4.78, 5) is 0. The summed E-state index contributed by atoms with van der Waals surface area (Å²) >= 11 is 0. The molecule has 2 N–H and O–H groups in total. The summed E-state index contributed by atoms with van der Waals surface area (Å²) in [5.74, 6) is 1.24. The van der Waals surface area contributed by atoms with Crippen LogP contribution < -0.4 is 5.73 Å². The third-order valence-corrected chi connectivity index (χ3v) is 4.75. The van der Waals surface area contributed by atoms with Crippen LogP contribution in [0.3, 0.4) is 0 Å². The van der Waals surface area contributed by atoms with Crippen LogP contribution in [0.5, 0.6) is 0 Å². The topological polar surface area (TPSA) is 26.0 Å². The molecule has 1 heteroatoms. The van der Waals surface area contributed by atoms with Gasteiger partial charge in [0.1, 0.15) is 0 Å². The molecule has 0 aliphatic heterocycles. The minimum absolute atomic E-state index is 0.356. The van der Waals surface area contributed by atoms with Gasteiger partial charge in [-0.25, -0.2) is 0 Å². The van der Waals surface area contributed by atoms with E-state index in [4.69, 9.17) is 5.73 Å². The van der Waals surface area contributed by atoms with Gasteiger partial charge < -0.3 is 5.73 Å². The molecule has 0 spiro atoms. The molecule has 0 amide bonds. The largest absolute Gasteiger partial charge is 0.327 e. The van der Waals surface area contributed by atoms with Gasteiger partial charge in [0, 0.05) is 6.04 Å². The van der Waals surface area contributed by atoms with E-state index in [2.05, 4.69) is 50.3 Å². The second-order valence-electron chi connectivity index (χ2n) is 6.49. The molecule has 1 fully saturated rings. The molecule has 3 rings (SSSR count). The minimum atomic E-state index is 0.356. The quantitative estimate of drug-likeness (QED) is 0.803. The molecule has 2 aliphatic carbocycles. The number of benzene rings is 1. The third-order valence-electron chi connectivity index (χ3n) is 4.75. The summed E-state index contributed by atoms with van der Waals surface area (Å²) in [6.45, 7) is 4.56. The molecule has 1 aromatic carbocycles. The molecule has 1 nitrogen and oxygen atoms in total. The Morgan fingerprint density at radius 2 is 2.06 bits per heavy atom. The highest BCUT2D eigenvalue weighted by Crippen LogP contribution is 2.50. The fraction of sp³-hybridized carbons (Fsp3) is 0.529. The van der Waals surface area contributed by atoms with Gasteiger partial charge in [0.15, 0.2) is 0 Å². The van der Waals surface area contributed by atoms with Crippen molar-refractivity contribution in [2.75, 3.05) is 0 Å². The summed E-state index contributed by atoms with van der Waals surface area (Å²) in [5, 5.41) is 0. The first-order valence-corrected chi connectivity index (χ1v) is 7.12. The Hall–Kier alpha value is -1.08. The van der Waals surface area contributed by atoms with Gasteiger partial charge in [-0.1, -0.05) is 50.3 Å². The van der Waals surface area contributed by atoms with E-state index >= 15 is 0 Å². The van der Waals surface area contributed by atoms with Crippen molar-refractivity contribution in [1.29, 1.82) is 0 Å². The maximum absolute atomic E-state index is 6.21. The normalized spacial score (nSPS) is 33.6. The first-order chi connectivity index (χ1) is 8.60. The Balaban J connectivity index is 1.88. The molecule has 1 aromatic rings.